The number of phenolic OH excluding ortho intramolecular Hbond substituents is 1. The predicted molar refractivity (Wildman–Crippen MR) is 86.3 cm³/mol. The number of phenols is 1. The van der Waals surface area contributed by atoms with Gasteiger partial charge in [-0.1, -0.05) is 42.0 Å². The van der Waals surface area contributed by atoms with Crippen molar-refractivity contribution in [1.82, 2.24) is 10.2 Å². The van der Waals surface area contributed by atoms with E-state index in [4.69, 9.17) is 0 Å². The Morgan fingerprint density at radius 2 is 1.87 bits per heavy atom. The Bertz CT molecular complexity index is 794. The molecule has 0 aromatic heterocycles. The number of rotatable bonds is 3. The fourth-order valence-corrected chi connectivity index (χ4v) is 2.45. The maximum absolute atomic E-state index is 12.4. The number of urea groups is 1. The normalized spacial score (nSPS) is 16.0. The van der Waals surface area contributed by atoms with Crippen molar-refractivity contribution in [3.63, 3.8) is 0 Å². The highest BCUT2D eigenvalue weighted by Crippen LogP contribution is 2.18. The molecule has 2 aromatic rings. The summed E-state index contributed by atoms with van der Waals surface area (Å²) in [4.78, 5) is 25.6. The van der Waals surface area contributed by atoms with E-state index in [2.05, 4.69) is 5.32 Å². The molecule has 0 unspecified atom stereocenters. The van der Waals surface area contributed by atoms with Crippen LogP contribution in [0.2, 0.25) is 0 Å². The van der Waals surface area contributed by atoms with Gasteiger partial charge < -0.3 is 10.4 Å². The highest BCUT2D eigenvalue weighted by atomic mass is 16.3. The Balaban J connectivity index is 1.81. The Morgan fingerprint density at radius 3 is 2.57 bits per heavy atom. The fourth-order valence-electron chi connectivity index (χ4n) is 2.45. The van der Waals surface area contributed by atoms with Crippen LogP contribution in [-0.2, 0) is 11.3 Å². The molecule has 0 spiro atoms. The van der Waals surface area contributed by atoms with E-state index >= 15 is 0 Å². The lowest BCUT2D eigenvalue weighted by Gasteiger charge is -2.12. The summed E-state index contributed by atoms with van der Waals surface area (Å²) in [6, 6.07) is 13.7. The summed E-state index contributed by atoms with van der Waals surface area (Å²) in [5, 5.41) is 11.9. The molecule has 1 aliphatic heterocycles. The number of imide groups is 1. The third-order valence-corrected chi connectivity index (χ3v) is 3.59. The van der Waals surface area contributed by atoms with Crippen LogP contribution in [-0.4, -0.2) is 21.9 Å². The highest BCUT2D eigenvalue weighted by Gasteiger charge is 2.33. The summed E-state index contributed by atoms with van der Waals surface area (Å²) < 4.78 is 0. The minimum atomic E-state index is -0.429. The standard InChI is InChI=1S/C18H16N2O3/c1-12-3-2-4-14(9-12)11-20-17(22)16(19-18(20)23)10-13-5-7-15(21)8-6-13/h2-10,21H,11H2,1H3,(H,19,23)/b16-10-. The van der Waals surface area contributed by atoms with Gasteiger partial charge in [0.25, 0.3) is 5.91 Å². The zero-order chi connectivity index (χ0) is 16.4. The van der Waals surface area contributed by atoms with Crippen LogP contribution in [0, 0.1) is 6.92 Å². The van der Waals surface area contributed by atoms with Gasteiger partial charge >= 0.3 is 6.03 Å². The zero-order valence-electron chi connectivity index (χ0n) is 12.6. The van der Waals surface area contributed by atoms with Crippen LogP contribution in [0.1, 0.15) is 16.7 Å². The first-order valence-corrected chi connectivity index (χ1v) is 7.22. The molecule has 2 aromatic carbocycles. The predicted octanol–water partition coefficient (Wildman–Crippen LogP) is 2.79. The molecule has 3 rings (SSSR count). The van der Waals surface area contributed by atoms with Gasteiger partial charge in [-0.25, -0.2) is 4.79 Å². The number of aryl methyl sites for hydroxylation is 1. The molecule has 2 N–H and O–H groups in total. The van der Waals surface area contributed by atoms with Gasteiger partial charge in [0, 0.05) is 0 Å². The average molecular weight is 308 g/mol. The molecule has 5 heteroatoms. The van der Waals surface area contributed by atoms with E-state index in [1.54, 1.807) is 18.2 Å². The number of nitrogens with zero attached hydrogens (tertiary/aromatic N) is 1. The fraction of sp³-hybridized carbons (Fsp3) is 0.111. The molecule has 0 aliphatic carbocycles. The van der Waals surface area contributed by atoms with Crippen LogP contribution < -0.4 is 5.32 Å². The highest BCUT2D eigenvalue weighted by molar-refractivity contribution is 6.13. The Kier molecular flexibility index (Phi) is 3.85. The average Bonchev–Trinajstić information content (AvgIpc) is 2.77. The van der Waals surface area contributed by atoms with Crippen LogP contribution >= 0.6 is 0 Å². The zero-order valence-corrected chi connectivity index (χ0v) is 12.6. The number of benzene rings is 2. The first-order chi connectivity index (χ1) is 11.0. The summed E-state index contributed by atoms with van der Waals surface area (Å²) in [7, 11) is 0. The van der Waals surface area contributed by atoms with E-state index < -0.39 is 6.03 Å². The largest absolute Gasteiger partial charge is 0.508 e. The first-order valence-electron chi connectivity index (χ1n) is 7.22. The van der Waals surface area contributed by atoms with Crippen molar-refractivity contribution in [3.8, 4) is 5.75 Å². The van der Waals surface area contributed by atoms with Crippen molar-refractivity contribution in [2.45, 2.75) is 13.5 Å². The van der Waals surface area contributed by atoms with Gasteiger partial charge in [0.05, 0.1) is 6.54 Å². The minimum absolute atomic E-state index is 0.148. The number of amides is 3. The molecule has 3 amide bonds. The molecule has 1 saturated heterocycles. The second-order valence-electron chi connectivity index (χ2n) is 5.46. The van der Waals surface area contributed by atoms with Gasteiger partial charge in [0.2, 0.25) is 0 Å². The molecular weight excluding hydrogens is 292 g/mol. The summed E-state index contributed by atoms with van der Waals surface area (Å²) in [5.41, 5.74) is 2.94. The van der Waals surface area contributed by atoms with E-state index in [1.807, 2.05) is 31.2 Å². The third kappa shape index (κ3) is 3.23. The van der Waals surface area contributed by atoms with Crippen molar-refractivity contribution in [1.29, 1.82) is 0 Å². The minimum Gasteiger partial charge on any atom is -0.508 e. The van der Waals surface area contributed by atoms with E-state index in [0.717, 1.165) is 16.7 Å². The van der Waals surface area contributed by atoms with Crippen molar-refractivity contribution in [2.24, 2.45) is 0 Å². The van der Waals surface area contributed by atoms with Crippen LogP contribution in [0.15, 0.2) is 54.2 Å². The molecule has 1 aliphatic rings. The van der Waals surface area contributed by atoms with E-state index in [0.29, 0.717) is 0 Å². The lowest BCUT2D eigenvalue weighted by molar-refractivity contribution is -0.123. The maximum atomic E-state index is 12.4. The van der Waals surface area contributed by atoms with Gasteiger partial charge in [-0.05, 0) is 36.3 Å². The molecule has 0 radical (unpaired) electrons. The summed E-state index contributed by atoms with van der Waals surface area (Å²) in [6.07, 6.45) is 1.59. The molecule has 1 heterocycles. The Hall–Kier alpha value is -3.08. The molecule has 0 bridgehead atoms. The third-order valence-electron chi connectivity index (χ3n) is 3.59. The Labute approximate surface area is 133 Å². The van der Waals surface area contributed by atoms with Crippen molar-refractivity contribution in [3.05, 3.63) is 70.9 Å². The van der Waals surface area contributed by atoms with Gasteiger partial charge in [-0.3, -0.25) is 9.69 Å². The van der Waals surface area contributed by atoms with E-state index in [9.17, 15) is 14.7 Å². The molecule has 5 nitrogen and oxygen atoms in total. The van der Waals surface area contributed by atoms with Crippen molar-refractivity contribution < 1.29 is 14.7 Å². The SMILES string of the molecule is Cc1cccc(CN2C(=O)N/C(=C\c3ccc(O)cc3)C2=O)c1. The van der Waals surface area contributed by atoms with Crippen LogP contribution in [0.5, 0.6) is 5.75 Å². The van der Waals surface area contributed by atoms with Crippen LogP contribution in [0.3, 0.4) is 0 Å². The lowest BCUT2D eigenvalue weighted by Crippen LogP contribution is -2.30. The molecular formula is C18H16N2O3. The molecule has 23 heavy (non-hydrogen) atoms. The smallest absolute Gasteiger partial charge is 0.329 e. The van der Waals surface area contributed by atoms with E-state index in [1.165, 1.54) is 17.0 Å². The van der Waals surface area contributed by atoms with Gasteiger partial charge in [-0.2, -0.15) is 0 Å². The molecule has 0 atom stereocenters. The monoisotopic (exact) mass is 308 g/mol. The molecule has 1 fully saturated rings. The van der Waals surface area contributed by atoms with Crippen molar-refractivity contribution >= 4 is 18.0 Å². The summed E-state index contributed by atoms with van der Waals surface area (Å²) >= 11 is 0. The van der Waals surface area contributed by atoms with Gasteiger partial charge in [0.1, 0.15) is 11.4 Å². The quantitative estimate of drug-likeness (QED) is 0.676. The number of aromatic hydroxyl groups is 1. The topological polar surface area (TPSA) is 69.6 Å². The number of carbonyl (C=O) groups excluding carboxylic acids is 2. The summed E-state index contributed by atoms with van der Waals surface area (Å²) in [5.74, 6) is -0.209. The maximum Gasteiger partial charge on any atom is 0.329 e. The number of carbonyl (C=O) groups is 2. The second-order valence-corrected chi connectivity index (χ2v) is 5.46. The Morgan fingerprint density at radius 1 is 1.13 bits per heavy atom. The number of hydrogen-bond acceptors (Lipinski definition) is 3. The van der Waals surface area contributed by atoms with Crippen LogP contribution in [0.4, 0.5) is 4.79 Å². The first kappa shape index (κ1) is 14.8. The summed E-state index contributed by atoms with van der Waals surface area (Å²) in [6.45, 7) is 2.20. The number of hydrogen-bond donors (Lipinski definition) is 2. The van der Waals surface area contributed by atoms with Crippen molar-refractivity contribution in [2.75, 3.05) is 0 Å². The molecule has 116 valence electrons. The van der Waals surface area contributed by atoms with E-state index in [-0.39, 0.29) is 23.9 Å². The lowest BCUT2D eigenvalue weighted by atomic mass is 10.1. The van der Waals surface area contributed by atoms with Crippen LogP contribution in [0.25, 0.3) is 6.08 Å². The molecule has 0 saturated carbocycles. The van der Waals surface area contributed by atoms with Gasteiger partial charge in [-0.15, -0.1) is 0 Å². The second kappa shape index (κ2) is 5.96. The number of nitrogens with one attached hydrogen (secondary N) is 1. The van der Waals surface area contributed by atoms with Gasteiger partial charge in [0.15, 0.2) is 0 Å².